The van der Waals surface area contributed by atoms with Crippen LogP contribution in [0.4, 0.5) is 10.8 Å². The molecule has 124 valence electrons. The highest BCUT2D eigenvalue weighted by molar-refractivity contribution is 7.21. The van der Waals surface area contributed by atoms with Crippen LogP contribution >= 0.6 is 11.3 Å². The van der Waals surface area contributed by atoms with E-state index in [1.165, 1.54) is 11.3 Å². The number of aromatic amines is 1. The highest BCUT2D eigenvalue weighted by Crippen LogP contribution is 2.31. The summed E-state index contributed by atoms with van der Waals surface area (Å²) in [5.41, 5.74) is -0.537. The molecule has 0 radical (unpaired) electrons. The number of rotatable bonds is 5. The molecule has 0 aliphatic heterocycles. The van der Waals surface area contributed by atoms with Crippen molar-refractivity contribution in [2.75, 3.05) is 13.7 Å². The molecule has 0 amide bonds. The largest absolute Gasteiger partial charge is 0.497 e. The van der Waals surface area contributed by atoms with E-state index in [9.17, 15) is 9.59 Å². The van der Waals surface area contributed by atoms with Crippen LogP contribution in [-0.2, 0) is 4.74 Å². The highest BCUT2D eigenvalue weighted by atomic mass is 32.1. The number of ether oxygens (including phenoxy) is 2. The number of benzene rings is 1. The van der Waals surface area contributed by atoms with Crippen molar-refractivity contribution in [1.82, 2.24) is 10.1 Å². The Labute approximate surface area is 138 Å². The van der Waals surface area contributed by atoms with Gasteiger partial charge in [-0.05, 0) is 25.1 Å². The number of aromatic nitrogens is 2. The van der Waals surface area contributed by atoms with Gasteiger partial charge >= 0.3 is 11.6 Å². The number of carbonyl (C=O) groups excluding carboxylic acids is 1. The van der Waals surface area contributed by atoms with Crippen molar-refractivity contribution in [3.63, 3.8) is 0 Å². The van der Waals surface area contributed by atoms with E-state index in [1.54, 1.807) is 26.2 Å². The standard InChI is InChI=1S/C14H12N4O5S/c1-3-22-12(19)11-10(13(20)23-18-11)16-17-14-15-8-5-4-7(21-2)6-9(8)24-14/h4-6,18H,3H2,1-2H3. The molecular formula is C14H12N4O5S. The summed E-state index contributed by atoms with van der Waals surface area (Å²) in [6.07, 6.45) is 0. The van der Waals surface area contributed by atoms with Gasteiger partial charge in [-0.25, -0.2) is 19.7 Å². The smallest absolute Gasteiger partial charge is 0.385 e. The van der Waals surface area contributed by atoms with E-state index in [0.29, 0.717) is 10.9 Å². The van der Waals surface area contributed by atoms with Crippen LogP contribution in [0.5, 0.6) is 5.75 Å². The summed E-state index contributed by atoms with van der Waals surface area (Å²) in [5.74, 6) is -0.0446. The van der Waals surface area contributed by atoms with Gasteiger partial charge in [-0.3, -0.25) is 0 Å². The lowest BCUT2D eigenvalue weighted by molar-refractivity contribution is 0.0515. The Bertz CT molecular complexity index is 971. The van der Waals surface area contributed by atoms with Crippen molar-refractivity contribution in [1.29, 1.82) is 0 Å². The van der Waals surface area contributed by atoms with E-state index < -0.39 is 11.6 Å². The molecule has 24 heavy (non-hydrogen) atoms. The van der Waals surface area contributed by atoms with Gasteiger partial charge in [0.15, 0.2) is 5.69 Å². The van der Waals surface area contributed by atoms with Crippen molar-refractivity contribution in [2.24, 2.45) is 10.2 Å². The van der Waals surface area contributed by atoms with E-state index in [1.807, 2.05) is 6.07 Å². The Kier molecular flexibility index (Phi) is 4.38. The third-order valence-corrected chi connectivity index (χ3v) is 3.88. The van der Waals surface area contributed by atoms with E-state index in [4.69, 9.17) is 9.47 Å². The molecule has 0 unspecified atom stereocenters. The molecule has 1 N–H and O–H groups in total. The lowest BCUT2D eigenvalue weighted by Crippen LogP contribution is -2.06. The van der Waals surface area contributed by atoms with Crippen LogP contribution in [0.2, 0.25) is 0 Å². The molecule has 0 aliphatic rings. The fourth-order valence-corrected chi connectivity index (χ4v) is 2.70. The summed E-state index contributed by atoms with van der Waals surface area (Å²) in [5, 5.41) is 10.2. The number of carbonyl (C=O) groups is 1. The lowest BCUT2D eigenvalue weighted by Gasteiger charge is -1.96. The molecule has 0 saturated heterocycles. The summed E-state index contributed by atoms with van der Waals surface area (Å²) < 4.78 is 15.4. The van der Waals surface area contributed by atoms with E-state index in [2.05, 4.69) is 24.9 Å². The SMILES string of the molecule is CCOC(=O)c1[nH]oc(=O)c1N=Nc1nc2ccc(OC)cc2s1. The monoisotopic (exact) mass is 348 g/mol. The second-order valence-corrected chi connectivity index (χ2v) is 5.47. The predicted octanol–water partition coefficient (Wildman–Crippen LogP) is 3.18. The minimum atomic E-state index is -0.815. The third kappa shape index (κ3) is 3.04. The van der Waals surface area contributed by atoms with Gasteiger partial charge in [-0.1, -0.05) is 11.3 Å². The number of hydrogen-bond donors (Lipinski definition) is 1. The zero-order chi connectivity index (χ0) is 17.1. The number of thiazole rings is 1. The minimum Gasteiger partial charge on any atom is -0.497 e. The molecule has 10 heteroatoms. The maximum absolute atomic E-state index is 11.7. The molecule has 0 saturated carbocycles. The van der Waals surface area contributed by atoms with Crippen molar-refractivity contribution < 1.29 is 18.8 Å². The summed E-state index contributed by atoms with van der Waals surface area (Å²) >= 11 is 1.27. The van der Waals surface area contributed by atoms with Crippen LogP contribution in [0.25, 0.3) is 10.2 Å². The van der Waals surface area contributed by atoms with E-state index >= 15 is 0 Å². The van der Waals surface area contributed by atoms with Gasteiger partial charge in [0.05, 0.1) is 23.9 Å². The minimum absolute atomic E-state index is 0.155. The Morgan fingerprint density at radius 1 is 1.42 bits per heavy atom. The molecule has 0 fully saturated rings. The average Bonchev–Trinajstić information content (AvgIpc) is 3.15. The fourth-order valence-electron chi connectivity index (χ4n) is 1.88. The van der Waals surface area contributed by atoms with Crippen LogP contribution in [0, 0.1) is 0 Å². The van der Waals surface area contributed by atoms with Crippen LogP contribution in [0.15, 0.2) is 37.7 Å². The van der Waals surface area contributed by atoms with Gasteiger partial charge in [0.2, 0.25) is 10.8 Å². The first kappa shape index (κ1) is 15.9. The number of esters is 1. The Morgan fingerprint density at radius 3 is 3.00 bits per heavy atom. The Balaban J connectivity index is 1.92. The molecule has 2 heterocycles. The topological polar surface area (TPSA) is 119 Å². The van der Waals surface area contributed by atoms with Gasteiger partial charge < -0.3 is 14.0 Å². The Hall–Kier alpha value is -3.01. The van der Waals surface area contributed by atoms with Gasteiger partial charge in [-0.2, -0.15) is 0 Å². The van der Waals surface area contributed by atoms with Gasteiger partial charge in [0.25, 0.3) is 0 Å². The first-order valence-electron chi connectivity index (χ1n) is 6.87. The number of nitrogens with one attached hydrogen (secondary N) is 1. The molecule has 0 spiro atoms. The average molecular weight is 348 g/mol. The number of azo groups is 1. The molecule has 2 aromatic heterocycles. The second-order valence-electron chi connectivity index (χ2n) is 4.47. The molecular weight excluding hydrogens is 336 g/mol. The second kappa shape index (κ2) is 6.62. The highest BCUT2D eigenvalue weighted by Gasteiger charge is 2.20. The first-order chi connectivity index (χ1) is 11.6. The zero-order valence-corrected chi connectivity index (χ0v) is 13.5. The van der Waals surface area contributed by atoms with Crippen LogP contribution in [-0.4, -0.2) is 29.8 Å². The maximum atomic E-state index is 11.7. The molecule has 0 atom stereocenters. The molecule has 3 aromatic rings. The number of methoxy groups -OCH3 is 1. The van der Waals surface area contributed by atoms with Crippen molar-refractivity contribution >= 4 is 38.3 Å². The van der Waals surface area contributed by atoms with Crippen LogP contribution < -0.4 is 10.4 Å². The predicted molar refractivity (Wildman–Crippen MR) is 85.6 cm³/mol. The van der Waals surface area contributed by atoms with Crippen molar-refractivity contribution in [3.8, 4) is 5.75 Å². The number of hydrogen-bond acceptors (Lipinski definition) is 9. The Morgan fingerprint density at radius 2 is 2.25 bits per heavy atom. The van der Waals surface area contributed by atoms with E-state index in [-0.39, 0.29) is 18.0 Å². The van der Waals surface area contributed by atoms with Crippen molar-refractivity contribution in [2.45, 2.75) is 6.92 Å². The maximum Gasteiger partial charge on any atom is 0.385 e. The summed E-state index contributed by atoms with van der Waals surface area (Å²) in [7, 11) is 1.57. The third-order valence-electron chi connectivity index (χ3n) is 2.98. The normalized spacial score (nSPS) is 11.2. The summed E-state index contributed by atoms with van der Waals surface area (Å²) in [6, 6.07) is 5.39. The van der Waals surface area contributed by atoms with Gasteiger partial charge in [-0.15, -0.1) is 10.2 Å². The molecule has 1 aromatic carbocycles. The van der Waals surface area contributed by atoms with Gasteiger partial charge in [0, 0.05) is 0 Å². The van der Waals surface area contributed by atoms with Gasteiger partial charge in [0.1, 0.15) is 5.75 Å². The lowest BCUT2D eigenvalue weighted by atomic mass is 10.3. The van der Waals surface area contributed by atoms with Crippen molar-refractivity contribution in [3.05, 3.63) is 34.3 Å². The number of nitrogens with zero attached hydrogens (tertiary/aromatic N) is 3. The zero-order valence-electron chi connectivity index (χ0n) is 12.7. The van der Waals surface area contributed by atoms with Crippen LogP contribution in [0.1, 0.15) is 17.4 Å². The summed E-state index contributed by atoms with van der Waals surface area (Å²) in [6.45, 7) is 1.80. The molecule has 0 aliphatic carbocycles. The van der Waals surface area contributed by atoms with E-state index in [0.717, 1.165) is 10.2 Å². The number of H-pyrrole nitrogens is 1. The summed E-state index contributed by atoms with van der Waals surface area (Å²) in [4.78, 5) is 27.6. The van der Waals surface area contributed by atoms with Crippen LogP contribution in [0.3, 0.4) is 0 Å². The molecule has 3 rings (SSSR count). The molecule has 0 bridgehead atoms. The quantitative estimate of drug-likeness (QED) is 0.558. The fraction of sp³-hybridized carbons (Fsp3) is 0.214. The molecule has 9 nitrogen and oxygen atoms in total. The number of fused-ring (bicyclic) bond motifs is 1. The first-order valence-corrected chi connectivity index (χ1v) is 7.69.